The molecule has 0 bridgehead atoms. The number of carbonyl (C=O) groups excluding carboxylic acids is 1. The second-order valence-corrected chi connectivity index (χ2v) is 7.39. The van der Waals surface area contributed by atoms with Crippen LogP contribution in [-0.4, -0.2) is 26.8 Å². The molecule has 0 aliphatic carbocycles. The molecule has 4 aromatic rings. The van der Waals surface area contributed by atoms with E-state index in [1.54, 1.807) is 30.3 Å². The summed E-state index contributed by atoms with van der Waals surface area (Å²) in [5.41, 5.74) is 1.66. The second kappa shape index (κ2) is 6.81. The largest absolute Gasteiger partial charge is 0.478 e. The highest BCUT2D eigenvalue weighted by Crippen LogP contribution is 2.33. The average molecular weight is 417 g/mol. The van der Waals surface area contributed by atoms with Crippen LogP contribution in [0, 0.1) is 0 Å². The molecule has 2 heterocycles. The zero-order valence-electron chi connectivity index (χ0n) is 13.5. The minimum Gasteiger partial charge on any atom is -0.478 e. The van der Waals surface area contributed by atoms with Gasteiger partial charge in [-0.15, -0.1) is 11.3 Å². The first-order valence-electron chi connectivity index (χ1n) is 7.76. The van der Waals surface area contributed by atoms with Crippen LogP contribution >= 0.6 is 34.5 Å². The number of carboxylic acids is 1. The predicted octanol–water partition coefficient (Wildman–Crippen LogP) is 5.46. The molecule has 0 aliphatic rings. The number of aromatic nitrogens is 2. The third-order valence-electron chi connectivity index (χ3n) is 4.07. The third-order valence-corrected chi connectivity index (χ3v) is 5.58. The quantitative estimate of drug-likeness (QED) is 0.481. The summed E-state index contributed by atoms with van der Waals surface area (Å²) in [6, 6.07) is 13.1. The van der Waals surface area contributed by atoms with Crippen molar-refractivity contribution >= 4 is 56.6 Å². The highest BCUT2D eigenvalue weighted by Gasteiger charge is 2.23. The van der Waals surface area contributed by atoms with Gasteiger partial charge in [0, 0.05) is 10.9 Å². The maximum absolute atomic E-state index is 13.0. The molecule has 134 valence electrons. The lowest BCUT2D eigenvalue weighted by Gasteiger charge is -2.06. The zero-order chi connectivity index (χ0) is 19.1. The molecule has 0 aliphatic heterocycles. The monoisotopic (exact) mass is 416 g/mol. The third kappa shape index (κ3) is 3.02. The van der Waals surface area contributed by atoms with Gasteiger partial charge >= 0.3 is 5.97 Å². The molecule has 5 nitrogen and oxygen atoms in total. The lowest BCUT2D eigenvalue weighted by atomic mass is 10.1. The highest BCUT2D eigenvalue weighted by molar-refractivity contribution is 7.17. The fourth-order valence-electron chi connectivity index (χ4n) is 2.77. The summed E-state index contributed by atoms with van der Waals surface area (Å²) in [7, 11) is 0. The van der Waals surface area contributed by atoms with Gasteiger partial charge in [-0.1, -0.05) is 41.4 Å². The molecule has 8 heteroatoms. The van der Waals surface area contributed by atoms with Crippen molar-refractivity contribution in [2.24, 2.45) is 0 Å². The second-order valence-electron chi connectivity index (χ2n) is 5.68. The summed E-state index contributed by atoms with van der Waals surface area (Å²) < 4.78 is 1.29. The Balaban J connectivity index is 1.86. The van der Waals surface area contributed by atoms with Gasteiger partial charge < -0.3 is 5.11 Å². The van der Waals surface area contributed by atoms with Gasteiger partial charge in [0.05, 0.1) is 21.2 Å². The minimum atomic E-state index is -1.00. The van der Waals surface area contributed by atoms with Crippen molar-refractivity contribution < 1.29 is 14.7 Å². The Morgan fingerprint density at radius 2 is 1.67 bits per heavy atom. The Labute approximate surface area is 167 Å². The fraction of sp³-hybridized carbons (Fsp3) is 0. The van der Waals surface area contributed by atoms with Crippen molar-refractivity contribution in [2.75, 3.05) is 0 Å². The van der Waals surface area contributed by atoms with Gasteiger partial charge in [0.25, 0.3) is 5.91 Å². The zero-order valence-corrected chi connectivity index (χ0v) is 15.8. The molecule has 0 atom stereocenters. The maximum Gasteiger partial charge on any atom is 0.335 e. The molecule has 4 rings (SSSR count). The molecule has 2 aromatic heterocycles. The summed E-state index contributed by atoms with van der Waals surface area (Å²) in [5, 5.41) is 16.7. The molecule has 0 saturated carbocycles. The van der Waals surface area contributed by atoms with E-state index in [4.69, 9.17) is 28.3 Å². The molecule has 0 amide bonds. The van der Waals surface area contributed by atoms with Crippen molar-refractivity contribution in [3.63, 3.8) is 0 Å². The van der Waals surface area contributed by atoms with Crippen LogP contribution in [0.4, 0.5) is 0 Å². The molecule has 0 unspecified atom stereocenters. The number of carbonyl (C=O) groups is 2. The SMILES string of the molecule is O=C(O)c1ccc(-c2nn(C(=O)c3c(Cl)cccc3Cl)c3sccc23)cc1. The molecule has 27 heavy (non-hydrogen) atoms. The van der Waals surface area contributed by atoms with Crippen molar-refractivity contribution in [3.05, 3.63) is 75.1 Å². The Hall–Kier alpha value is -2.67. The number of hydrogen-bond acceptors (Lipinski definition) is 4. The van der Waals surface area contributed by atoms with Crippen molar-refractivity contribution in [1.29, 1.82) is 0 Å². The van der Waals surface area contributed by atoms with Gasteiger partial charge in [-0.2, -0.15) is 9.78 Å². The van der Waals surface area contributed by atoms with E-state index in [1.807, 2.05) is 11.4 Å². The number of halogens is 2. The van der Waals surface area contributed by atoms with Crippen LogP contribution in [0.1, 0.15) is 20.7 Å². The van der Waals surface area contributed by atoms with Gasteiger partial charge in [-0.25, -0.2) is 4.79 Å². The first-order valence-corrected chi connectivity index (χ1v) is 9.39. The number of rotatable bonds is 3. The number of nitrogens with zero attached hydrogens (tertiary/aromatic N) is 2. The van der Waals surface area contributed by atoms with Crippen LogP contribution in [0.15, 0.2) is 53.9 Å². The smallest absolute Gasteiger partial charge is 0.335 e. The van der Waals surface area contributed by atoms with E-state index in [9.17, 15) is 9.59 Å². The summed E-state index contributed by atoms with van der Waals surface area (Å²) in [6.07, 6.45) is 0. The highest BCUT2D eigenvalue weighted by atomic mass is 35.5. The molecule has 0 radical (unpaired) electrons. The van der Waals surface area contributed by atoms with E-state index < -0.39 is 11.9 Å². The Morgan fingerprint density at radius 1 is 1.00 bits per heavy atom. The number of aromatic carboxylic acids is 1. The number of fused-ring (bicyclic) bond motifs is 1. The lowest BCUT2D eigenvalue weighted by molar-refractivity contribution is 0.0696. The number of thiophene rings is 1. The molecular weight excluding hydrogens is 407 g/mol. The summed E-state index contributed by atoms with van der Waals surface area (Å²) in [6.45, 7) is 0. The Kier molecular flexibility index (Phi) is 4.47. The normalized spacial score (nSPS) is 11.0. The van der Waals surface area contributed by atoms with Crippen LogP contribution in [0.5, 0.6) is 0 Å². The maximum atomic E-state index is 13.0. The van der Waals surface area contributed by atoms with Gasteiger partial charge in [0.2, 0.25) is 0 Å². The van der Waals surface area contributed by atoms with Gasteiger partial charge in [-0.05, 0) is 35.7 Å². The van der Waals surface area contributed by atoms with E-state index in [0.29, 0.717) is 16.1 Å². The summed E-state index contributed by atoms with van der Waals surface area (Å²) >= 11 is 13.7. The van der Waals surface area contributed by atoms with Crippen molar-refractivity contribution in [2.45, 2.75) is 0 Å². The minimum absolute atomic E-state index is 0.179. The first kappa shape index (κ1) is 17.7. The van der Waals surface area contributed by atoms with Crippen LogP contribution in [0.3, 0.4) is 0 Å². The van der Waals surface area contributed by atoms with Crippen LogP contribution in [0.25, 0.3) is 21.5 Å². The topological polar surface area (TPSA) is 72.2 Å². The molecule has 0 spiro atoms. The van der Waals surface area contributed by atoms with E-state index in [2.05, 4.69) is 5.10 Å². The van der Waals surface area contributed by atoms with E-state index in [-0.39, 0.29) is 21.2 Å². The van der Waals surface area contributed by atoms with Crippen LogP contribution in [-0.2, 0) is 0 Å². The Morgan fingerprint density at radius 3 is 2.30 bits per heavy atom. The number of carboxylic acid groups (broad SMARTS) is 1. The molecular formula is C19H10Cl2N2O3S. The average Bonchev–Trinajstić information content (AvgIpc) is 3.24. The lowest BCUT2D eigenvalue weighted by Crippen LogP contribution is -2.14. The number of benzene rings is 2. The Bertz CT molecular complexity index is 1180. The summed E-state index contributed by atoms with van der Waals surface area (Å²) in [4.78, 5) is 24.8. The first-order chi connectivity index (χ1) is 13.0. The van der Waals surface area contributed by atoms with Gasteiger partial charge in [0.1, 0.15) is 10.5 Å². The molecule has 2 aromatic carbocycles. The molecule has 0 fully saturated rings. The molecule has 0 saturated heterocycles. The fourth-order valence-corrected chi connectivity index (χ4v) is 4.18. The van der Waals surface area contributed by atoms with Crippen molar-refractivity contribution in [1.82, 2.24) is 9.78 Å². The molecule has 1 N–H and O–H groups in total. The van der Waals surface area contributed by atoms with E-state index in [1.165, 1.54) is 28.2 Å². The number of hydrogen-bond donors (Lipinski definition) is 1. The van der Waals surface area contributed by atoms with Gasteiger partial charge in [0.15, 0.2) is 0 Å². The standard InChI is InChI=1S/C19H10Cl2N2O3S/c20-13-2-1-3-14(21)15(13)17(24)23-18-12(8-9-27-18)16(22-23)10-4-6-11(7-5-10)19(25)26/h1-9H,(H,25,26). The van der Waals surface area contributed by atoms with Gasteiger partial charge in [-0.3, -0.25) is 4.79 Å². The van der Waals surface area contributed by atoms with Crippen LogP contribution in [0.2, 0.25) is 10.0 Å². The van der Waals surface area contributed by atoms with E-state index in [0.717, 1.165) is 5.39 Å². The van der Waals surface area contributed by atoms with Crippen LogP contribution < -0.4 is 0 Å². The summed E-state index contributed by atoms with van der Waals surface area (Å²) in [5.74, 6) is -1.43. The van der Waals surface area contributed by atoms with E-state index >= 15 is 0 Å². The van der Waals surface area contributed by atoms with Crippen molar-refractivity contribution in [3.8, 4) is 11.3 Å². The predicted molar refractivity (Wildman–Crippen MR) is 106 cm³/mol.